The Balaban J connectivity index is 2.09. The van der Waals surface area contributed by atoms with E-state index < -0.39 is 11.8 Å². The minimum Gasteiger partial charge on any atom is -0.495 e. The van der Waals surface area contributed by atoms with Crippen molar-refractivity contribution in [2.75, 3.05) is 26.2 Å². The van der Waals surface area contributed by atoms with Crippen molar-refractivity contribution < 1.29 is 23.8 Å². The van der Waals surface area contributed by atoms with Gasteiger partial charge in [0.25, 0.3) is 11.8 Å². The van der Waals surface area contributed by atoms with Crippen LogP contribution in [-0.4, -0.2) is 38.3 Å². The molecule has 0 bridgehead atoms. The van der Waals surface area contributed by atoms with E-state index in [-0.39, 0.29) is 15.7 Å². The third kappa shape index (κ3) is 3.90. The Hall–Kier alpha value is -3.10. The SMILES string of the molecule is COc1cc(Cl)c(/C=C2\C(=O)NC(=S)N(c3ccccc3OC)C2=O)cc1OC. The monoisotopic (exact) mass is 432 g/mol. The van der Waals surface area contributed by atoms with Crippen LogP contribution in [0.2, 0.25) is 5.02 Å². The summed E-state index contributed by atoms with van der Waals surface area (Å²) in [6.45, 7) is 0. The molecular formula is C20H17ClN2O5S. The van der Waals surface area contributed by atoms with Crippen LogP contribution in [0, 0.1) is 0 Å². The summed E-state index contributed by atoms with van der Waals surface area (Å²) < 4.78 is 15.8. The Bertz CT molecular complexity index is 1040. The van der Waals surface area contributed by atoms with Crippen molar-refractivity contribution in [2.45, 2.75) is 0 Å². The van der Waals surface area contributed by atoms with Crippen LogP contribution in [0.3, 0.4) is 0 Å². The predicted molar refractivity (Wildman–Crippen MR) is 114 cm³/mol. The second-order valence-electron chi connectivity index (χ2n) is 5.86. The minimum atomic E-state index is -0.628. The van der Waals surface area contributed by atoms with E-state index in [9.17, 15) is 9.59 Å². The van der Waals surface area contributed by atoms with Gasteiger partial charge in [-0.25, -0.2) is 4.90 Å². The molecule has 1 saturated heterocycles. The van der Waals surface area contributed by atoms with Crippen LogP contribution in [0.1, 0.15) is 5.56 Å². The molecule has 1 heterocycles. The highest BCUT2D eigenvalue weighted by molar-refractivity contribution is 7.80. The van der Waals surface area contributed by atoms with E-state index in [0.717, 1.165) is 0 Å². The second-order valence-corrected chi connectivity index (χ2v) is 6.65. The third-order valence-electron chi connectivity index (χ3n) is 4.23. The van der Waals surface area contributed by atoms with Crippen molar-refractivity contribution in [1.29, 1.82) is 0 Å². The Morgan fingerprint density at radius 1 is 1.00 bits per heavy atom. The number of nitrogens with one attached hydrogen (secondary N) is 1. The average Bonchev–Trinajstić information content (AvgIpc) is 2.71. The second kappa shape index (κ2) is 8.50. The molecule has 1 N–H and O–H groups in total. The molecule has 7 nitrogen and oxygen atoms in total. The normalized spacial score (nSPS) is 15.4. The van der Waals surface area contributed by atoms with Crippen LogP contribution < -0.4 is 24.4 Å². The van der Waals surface area contributed by atoms with Gasteiger partial charge in [-0.05, 0) is 42.1 Å². The summed E-state index contributed by atoms with van der Waals surface area (Å²) in [6, 6.07) is 9.98. The van der Waals surface area contributed by atoms with Gasteiger partial charge in [-0.2, -0.15) is 0 Å². The first-order valence-electron chi connectivity index (χ1n) is 8.37. The number of rotatable bonds is 5. The van der Waals surface area contributed by atoms with E-state index >= 15 is 0 Å². The highest BCUT2D eigenvalue weighted by Gasteiger charge is 2.36. The van der Waals surface area contributed by atoms with Crippen LogP contribution in [-0.2, 0) is 9.59 Å². The number of hydrogen-bond acceptors (Lipinski definition) is 6. The fraction of sp³-hybridized carbons (Fsp3) is 0.150. The molecule has 0 unspecified atom stereocenters. The first-order chi connectivity index (χ1) is 13.9. The van der Waals surface area contributed by atoms with Gasteiger partial charge in [0.2, 0.25) is 0 Å². The van der Waals surface area contributed by atoms with E-state index in [1.807, 2.05) is 0 Å². The molecule has 2 amide bonds. The standard InChI is InChI=1S/C20H17ClN2O5S/c1-26-15-7-5-4-6-14(15)23-19(25)12(18(24)22-20(23)29)8-11-9-16(27-2)17(28-3)10-13(11)21/h4-10H,1-3H3,(H,22,24,29)/b12-8+. The van der Waals surface area contributed by atoms with Gasteiger partial charge in [0.05, 0.1) is 32.0 Å². The average molecular weight is 433 g/mol. The molecule has 150 valence electrons. The Morgan fingerprint density at radius 2 is 1.62 bits per heavy atom. The van der Waals surface area contributed by atoms with E-state index in [0.29, 0.717) is 28.5 Å². The number of benzene rings is 2. The minimum absolute atomic E-state index is 0.0416. The number of carbonyl (C=O) groups excluding carboxylic acids is 2. The van der Waals surface area contributed by atoms with Crippen molar-refractivity contribution >= 4 is 52.5 Å². The fourth-order valence-electron chi connectivity index (χ4n) is 2.83. The van der Waals surface area contributed by atoms with Crippen LogP contribution in [0.4, 0.5) is 5.69 Å². The van der Waals surface area contributed by atoms with Gasteiger partial charge in [0.15, 0.2) is 16.6 Å². The lowest BCUT2D eigenvalue weighted by Crippen LogP contribution is -2.54. The molecule has 1 fully saturated rings. The lowest BCUT2D eigenvalue weighted by Gasteiger charge is -2.29. The van der Waals surface area contributed by atoms with E-state index in [4.69, 9.17) is 38.0 Å². The van der Waals surface area contributed by atoms with Crippen molar-refractivity contribution in [3.8, 4) is 17.2 Å². The van der Waals surface area contributed by atoms with E-state index in [2.05, 4.69) is 5.32 Å². The molecule has 0 atom stereocenters. The lowest BCUT2D eigenvalue weighted by atomic mass is 10.1. The Labute approximate surface area is 177 Å². The van der Waals surface area contributed by atoms with Gasteiger partial charge in [-0.1, -0.05) is 23.7 Å². The number of halogens is 1. The predicted octanol–water partition coefficient (Wildman–Crippen LogP) is 3.20. The van der Waals surface area contributed by atoms with Gasteiger partial charge < -0.3 is 14.2 Å². The number of nitrogens with zero attached hydrogens (tertiary/aromatic N) is 1. The molecule has 0 radical (unpaired) electrons. The quantitative estimate of drug-likeness (QED) is 0.444. The Morgan fingerprint density at radius 3 is 2.28 bits per heavy atom. The molecule has 2 aromatic carbocycles. The van der Waals surface area contributed by atoms with Gasteiger partial charge in [-0.3, -0.25) is 14.9 Å². The van der Waals surface area contributed by atoms with E-state index in [1.165, 1.54) is 32.3 Å². The van der Waals surface area contributed by atoms with Gasteiger partial charge in [0, 0.05) is 6.07 Å². The van der Waals surface area contributed by atoms with Crippen LogP contribution in [0.25, 0.3) is 6.08 Å². The number of amides is 2. The number of para-hydroxylation sites is 2. The number of thiocarbonyl (C=S) groups is 1. The van der Waals surface area contributed by atoms with Crippen molar-refractivity contribution in [2.24, 2.45) is 0 Å². The van der Waals surface area contributed by atoms with Crippen LogP contribution in [0.15, 0.2) is 42.0 Å². The van der Waals surface area contributed by atoms with Crippen molar-refractivity contribution in [3.05, 3.63) is 52.6 Å². The molecule has 3 rings (SSSR count). The van der Waals surface area contributed by atoms with Crippen LogP contribution in [0.5, 0.6) is 17.2 Å². The zero-order valence-electron chi connectivity index (χ0n) is 15.8. The topological polar surface area (TPSA) is 77.1 Å². The lowest BCUT2D eigenvalue weighted by molar-refractivity contribution is -0.122. The maximum absolute atomic E-state index is 13.2. The van der Waals surface area contributed by atoms with Crippen molar-refractivity contribution in [1.82, 2.24) is 5.32 Å². The summed E-state index contributed by atoms with van der Waals surface area (Å²) in [5.41, 5.74) is 0.684. The summed E-state index contributed by atoms with van der Waals surface area (Å²) in [5, 5.41) is 2.77. The summed E-state index contributed by atoms with van der Waals surface area (Å²) in [5.74, 6) is 0.0365. The highest BCUT2D eigenvalue weighted by atomic mass is 35.5. The number of ether oxygens (including phenoxy) is 3. The Kier molecular flexibility index (Phi) is 6.05. The number of carbonyl (C=O) groups is 2. The summed E-state index contributed by atoms with van der Waals surface area (Å²) in [4.78, 5) is 26.9. The van der Waals surface area contributed by atoms with Crippen molar-refractivity contribution in [3.63, 3.8) is 0 Å². The molecule has 0 spiro atoms. The maximum Gasteiger partial charge on any atom is 0.270 e. The number of anilines is 1. The first kappa shape index (κ1) is 20.6. The van der Waals surface area contributed by atoms with Crippen LogP contribution >= 0.6 is 23.8 Å². The summed E-state index contributed by atoms with van der Waals surface area (Å²) >= 11 is 11.5. The number of hydrogen-bond donors (Lipinski definition) is 1. The van der Waals surface area contributed by atoms with Gasteiger partial charge in [0.1, 0.15) is 11.3 Å². The first-order valence-corrected chi connectivity index (χ1v) is 9.15. The smallest absolute Gasteiger partial charge is 0.270 e. The highest BCUT2D eigenvalue weighted by Crippen LogP contribution is 2.35. The van der Waals surface area contributed by atoms with Gasteiger partial charge in [-0.15, -0.1) is 0 Å². The molecule has 1 aliphatic rings. The van der Waals surface area contributed by atoms with Gasteiger partial charge >= 0.3 is 0 Å². The maximum atomic E-state index is 13.2. The summed E-state index contributed by atoms with van der Waals surface area (Å²) in [6.07, 6.45) is 1.38. The zero-order chi connectivity index (χ0) is 21.1. The fourth-order valence-corrected chi connectivity index (χ4v) is 3.31. The molecular weight excluding hydrogens is 416 g/mol. The van der Waals surface area contributed by atoms with E-state index in [1.54, 1.807) is 36.4 Å². The molecule has 9 heteroatoms. The molecule has 0 saturated carbocycles. The molecule has 29 heavy (non-hydrogen) atoms. The number of methoxy groups -OCH3 is 3. The zero-order valence-corrected chi connectivity index (χ0v) is 17.4. The molecule has 0 aromatic heterocycles. The third-order valence-corrected chi connectivity index (χ3v) is 4.84. The summed E-state index contributed by atoms with van der Waals surface area (Å²) in [7, 11) is 4.44. The molecule has 1 aliphatic heterocycles. The largest absolute Gasteiger partial charge is 0.495 e. The molecule has 0 aliphatic carbocycles. The molecule has 2 aromatic rings.